The van der Waals surface area contributed by atoms with Crippen molar-refractivity contribution in [2.45, 2.75) is 31.9 Å². The van der Waals surface area contributed by atoms with E-state index in [1.54, 1.807) is 29.0 Å². The van der Waals surface area contributed by atoms with Gasteiger partial charge in [0.05, 0.1) is 19.8 Å². The van der Waals surface area contributed by atoms with Crippen molar-refractivity contribution >= 4 is 24.2 Å². The number of nitrogens with zero attached hydrogens (tertiary/aromatic N) is 2. The lowest BCUT2D eigenvalue weighted by Gasteiger charge is -2.34. The molecule has 1 aliphatic heterocycles. The predicted octanol–water partition coefficient (Wildman–Crippen LogP) is 1.66. The number of nitrogens with one attached hydrogen (secondary N) is 2. The van der Waals surface area contributed by atoms with Gasteiger partial charge in [-0.25, -0.2) is 19.2 Å². The van der Waals surface area contributed by atoms with Gasteiger partial charge >= 0.3 is 24.2 Å². The molecule has 212 valence electrons. The molecule has 13 nitrogen and oxygen atoms in total. The van der Waals surface area contributed by atoms with Crippen molar-refractivity contribution in [2.24, 2.45) is 0 Å². The number of carbonyl (C=O) groups is 4. The van der Waals surface area contributed by atoms with Crippen LogP contribution in [0.25, 0.3) is 0 Å². The zero-order valence-electron chi connectivity index (χ0n) is 21.8. The number of benzene rings is 1. The van der Waals surface area contributed by atoms with Crippen LogP contribution in [0, 0.1) is 0 Å². The summed E-state index contributed by atoms with van der Waals surface area (Å²) in [7, 11) is 1.58. The summed E-state index contributed by atoms with van der Waals surface area (Å²) in [4.78, 5) is 51.1. The average Bonchev–Trinajstić information content (AvgIpc) is 2.93. The van der Waals surface area contributed by atoms with E-state index in [9.17, 15) is 24.3 Å². The Balaban J connectivity index is 1.56. The highest BCUT2D eigenvalue weighted by molar-refractivity contribution is 5.79. The number of rotatable bonds is 15. The smallest absolute Gasteiger partial charge is 0.409 e. The lowest BCUT2D eigenvalue weighted by Crippen LogP contribution is -2.53. The van der Waals surface area contributed by atoms with E-state index in [1.807, 2.05) is 18.2 Å². The number of hydrogen-bond donors (Lipinski definition) is 3. The first-order valence-electron chi connectivity index (χ1n) is 12.6. The first-order chi connectivity index (χ1) is 18.4. The third-order valence-corrected chi connectivity index (χ3v) is 5.71. The summed E-state index contributed by atoms with van der Waals surface area (Å²) < 4.78 is 20.4. The van der Waals surface area contributed by atoms with E-state index in [1.165, 1.54) is 0 Å². The normalized spacial score (nSPS) is 13.9. The van der Waals surface area contributed by atoms with E-state index in [4.69, 9.17) is 18.9 Å². The molecule has 1 aromatic carbocycles. The van der Waals surface area contributed by atoms with E-state index in [0.29, 0.717) is 65.4 Å². The van der Waals surface area contributed by atoms with Gasteiger partial charge in [-0.05, 0) is 24.8 Å². The SMILES string of the molecule is COCCOCCOC(=O)N1CCN(C(=O)NCCCCC(NC(=O)OCc2ccccc2)C(=O)O)CC1. The van der Waals surface area contributed by atoms with Crippen LogP contribution in [-0.2, 0) is 30.3 Å². The van der Waals surface area contributed by atoms with E-state index in [2.05, 4.69) is 10.6 Å². The molecule has 2 rings (SSSR count). The Bertz CT molecular complexity index is 864. The molecule has 1 heterocycles. The average molecular weight is 539 g/mol. The molecule has 1 atom stereocenters. The van der Waals surface area contributed by atoms with Gasteiger partial charge in [-0.15, -0.1) is 0 Å². The van der Waals surface area contributed by atoms with E-state index < -0.39 is 24.2 Å². The van der Waals surface area contributed by atoms with Crippen LogP contribution >= 0.6 is 0 Å². The number of piperazine rings is 1. The highest BCUT2D eigenvalue weighted by Gasteiger charge is 2.25. The van der Waals surface area contributed by atoms with Gasteiger partial charge in [0.25, 0.3) is 0 Å². The minimum atomic E-state index is -1.15. The third-order valence-electron chi connectivity index (χ3n) is 5.71. The van der Waals surface area contributed by atoms with Crippen LogP contribution in [0.15, 0.2) is 30.3 Å². The van der Waals surface area contributed by atoms with Gasteiger partial charge in [0.2, 0.25) is 0 Å². The molecule has 0 spiro atoms. The van der Waals surface area contributed by atoms with Crippen LogP contribution in [0.2, 0.25) is 0 Å². The minimum Gasteiger partial charge on any atom is -0.480 e. The van der Waals surface area contributed by atoms with Gasteiger partial charge in [0.15, 0.2) is 0 Å². The molecule has 4 amide bonds. The Morgan fingerprint density at radius 3 is 2.29 bits per heavy atom. The van der Waals surface area contributed by atoms with Crippen LogP contribution in [-0.4, -0.2) is 111 Å². The first kappa shape index (κ1) is 30.6. The Labute approximate surface area is 222 Å². The van der Waals surface area contributed by atoms with Gasteiger partial charge in [0.1, 0.15) is 19.3 Å². The molecule has 13 heteroatoms. The fraction of sp³-hybridized carbons (Fsp3) is 0.600. The number of amides is 4. The highest BCUT2D eigenvalue weighted by atomic mass is 16.6. The maximum absolute atomic E-state index is 12.4. The van der Waals surface area contributed by atoms with Crippen LogP contribution in [0.4, 0.5) is 14.4 Å². The molecule has 0 bridgehead atoms. The molecule has 0 saturated carbocycles. The van der Waals surface area contributed by atoms with Crippen molar-refractivity contribution in [3.63, 3.8) is 0 Å². The third kappa shape index (κ3) is 12.1. The molecule has 1 aromatic rings. The Kier molecular flexibility index (Phi) is 14.4. The summed E-state index contributed by atoms with van der Waals surface area (Å²) in [6.07, 6.45) is -0.0249. The second kappa shape index (κ2) is 17.8. The van der Waals surface area contributed by atoms with Gasteiger partial charge in [-0.3, -0.25) is 0 Å². The summed E-state index contributed by atoms with van der Waals surface area (Å²) >= 11 is 0. The Morgan fingerprint density at radius 1 is 0.921 bits per heavy atom. The standard InChI is InChI=1S/C25H38N4O9/c1-35-15-16-36-17-18-37-25(34)29-13-11-28(12-14-29)23(32)26-10-6-5-9-21(22(30)31)27-24(33)38-19-20-7-3-2-4-8-20/h2-4,7-8,21H,5-6,9-19H2,1H3,(H,26,32)(H,27,33)(H,30,31). The van der Waals surface area contributed by atoms with Crippen LogP contribution in [0.3, 0.4) is 0 Å². The predicted molar refractivity (Wildman–Crippen MR) is 136 cm³/mol. The number of methoxy groups -OCH3 is 1. The summed E-state index contributed by atoms with van der Waals surface area (Å²) in [5.41, 5.74) is 0.797. The number of carboxylic acids is 1. The zero-order valence-corrected chi connectivity index (χ0v) is 21.8. The van der Waals surface area contributed by atoms with Gasteiger partial charge < -0.3 is 44.5 Å². The molecule has 3 N–H and O–H groups in total. The molecule has 38 heavy (non-hydrogen) atoms. The second-order valence-corrected chi connectivity index (χ2v) is 8.52. The van der Waals surface area contributed by atoms with Gasteiger partial charge in [-0.2, -0.15) is 0 Å². The fourth-order valence-corrected chi connectivity index (χ4v) is 3.56. The number of carbonyl (C=O) groups excluding carboxylic acids is 3. The van der Waals surface area contributed by atoms with Crippen LogP contribution in [0.1, 0.15) is 24.8 Å². The number of aliphatic carboxylic acids is 1. The lowest BCUT2D eigenvalue weighted by molar-refractivity contribution is -0.139. The Morgan fingerprint density at radius 2 is 1.61 bits per heavy atom. The molecule has 1 saturated heterocycles. The summed E-state index contributed by atoms with van der Waals surface area (Å²) in [6, 6.07) is 7.74. The molecular weight excluding hydrogens is 500 g/mol. The highest BCUT2D eigenvalue weighted by Crippen LogP contribution is 2.06. The molecule has 1 unspecified atom stereocenters. The van der Waals surface area contributed by atoms with Crippen LogP contribution < -0.4 is 10.6 Å². The van der Waals surface area contributed by atoms with Crippen molar-refractivity contribution < 1.29 is 43.2 Å². The summed E-state index contributed by atoms with van der Waals surface area (Å²) in [5, 5.41) is 14.5. The molecule has 0 aromatic heterocycles. The number of carboxylic acid groups (broad SMARTS) is 1. The van der Waals surface area contributed by atoms with E-state index >= 15 is 0 Å². The largest absolute Gasteiger partial charge is 0.480 e. The quantitative estimate of drug-likeness (QED) is 0.283. The number of alkyl carbamates (subject to hydrolysis) is 1. The summed E-state index contributed by atoms with van der Waals surface area (Å²) in [6.45, 7) is 3.23. The van der Waals surface area contributed by atoms with Crippen molar-refractivity contribution in [1.82, 2.24) is 20.4 Å². The minimum absolute atomic E-state index is 0.0464. The monoisotopic (exact) mass is 538 g/mol. The second-order valence-electron chi connectivity index (χ2n) is 8.52. The molecule has 0 aliphatic carbocycles. The van der Waals surface area contributed by atoms with Crippen molar-refractivity contribution in [2.75, 3.05) is 66.3 Å². The zero-order chi connectivity index (χ0) is 27.6. The maximum Gasteiger partial charge on any atom is 0.409 e. The van der Waals surface area contributed by atoms with Gasteiger partial charge in [-0.1, -0.05) is 30.3 Å². The molecule has 1 aliphatic rings. The van der Waals surface area contributed by atoms with E-state index in [0.717, 1.165) is 5.56 Å². The fourth-order valence-electron chi connectivity index (χ4n) is 3.56. The lowest BCUT2D eigenvalue weighted by atomic mass is 10.1. The summed E-state index contributed by atoms with van der Waals surface area (Å²) in [5.74, 6) is -1.15. The molecule has 1 fully saturated rings. The van der Waals surface area contributed by atoms with Crippen LogP contribution in [0.5, 0.6) is 0 Å². The van der Waals surface area contributed by atoms with Crippen molar-refractivity contribution in [1.29, 1.82) is 0 Å². The number of urea groups is 1. The number of hydrogen-bond acceptors (Lipinski definition) is 8. The van der Waals surface area contributed by atoms with Crippen molar-refractivity contribution in [3.05, 3.63) is 35.9 Å². The van der Waals surface area contributed by atoms with Gasteiger partial charge in [0, 0.05) is 39.8 Å². The molecular formula is C25H38N4O9. The molecule has 0 radical (unpaired) electrons. The number of unbranched alkanes of at least 4 members (excludes halogenated alkanes) is 1. The van der Waals surface area contributed by atoms with Crippen molar-refractivity contribution in [3.8, 4) is 0 Å². The van der Waals surface area contributed by atoms with E-state index in [-0.39, 0.29) is 25.7 Å². The Hall–Kier alpha value is -3.58. The topological polar surface area (TPSA) is 156 Å². The number of ether oxygens (including phenoxy) is 4. The first-order valence-corrected chi connectivity index (χ1v) is 12.6. The maximum atomic E-state index is 12.4.